The molecule has 0 aliphatic carbocycles. The quantitative estimate of drug-likeness (QED) is 0.636. The van der Waals surface area contributed by atoms with Crippen LogP contribution in [0.1, 0.15) is 35.9 Å². The van der Waals surface area contributed by atoms with E-state index < -0.39 is 33.2 Å². The number of hydrogen-bond donors (Lipinski definition) is 1. The van der Waals surface area contributed by atoms with Gasteiger partial charge < -0.3 is 5.32 Å². The maximum absolute atomic E-state index is 12.3. The number of benzene rings is 1. The van der Waals surface area contributed by atoms with Gasteiger partial charge in [0.05, 0.1) is 33.2 Å². The van der Waals surface area contributed by atoms with Gasteiger partial charge in [0.2, 0.25) is 0 Å². The number of amides is 1. The summed E-state index contributed by atoms with van der Waals surface area (Å²) >= 11 is 0. The number of nitrogens with one attached hydrogen (secondary N) is 1. The lowest BCUT2D eigenvalue weighted by molar-refractivity contribution is -0.394. The fourth-order valence-corrected chi connectivity index (χ4v) is 2.27. The lowest BCUT2D eigenvalue weighted by Crippen LogP contribution is -2.28. The van der Waals surface area contributed by atoms with Crippen LogP contribution in [0.25, 0.3) is 0 Å². The molecule has 10 nitrogen and oxygen atoms in total. The summed E-state index contributed by atoms with van der Waals surface area (Å²) in [6.07, 6.45) is 1.60. The summed E-state index contributed by atoms with van der Waals surface area (Å²) < 4.78 is 1.70. The third-order valence-electron chi connectivity index (χ3n) is 3.43. The van der Waals surface area contributed by atoms with Crippen molar-refractivity contribution in [1.29, 1.82) is 0 Å². The molecule has 24 heavy (non-hydrogen) atoms. The van der Waals surface area contributed by atoms with E-state index in [-0.39, 0.29) is 5.56 Å². The number of aryl methyl sites for hydroxylation is 1. The summed E-state index contributed by atoms with van der Waals surface area (Å²) in [6.45, 7) is 4.24. The van der Waals surface area contributed by atoms with Gasteiger partial charge in [-0.15, -0.1) is 0 Å². The number of aromatic nitrogens is 2. The molecule has 0 saturated heterocycles. The minimum atomic E-state index is -0.778. The molecule has 1 aromatic heterocycles. The number of nitro benzene ring substituents is 2. The molecule has 2 aromatic rings. The molecule has 0 fully saturated rings. The minimum absolute atomic E-state index is 0.148. The van der Waals surface area contributed by atoms with Gasteiger partial charge in [-0.05, 0) is 19.9 Å². The SMILES string of the molecule is CCn1nccc1C(C)NC(=O)c1cc([N+](=O)[O-])cc([N+](=O)[O-])c1. The van der Waals surface area contributed by atoms with Crippen molar-refractivity contribution < 1.29 is 14.6 Å². The summed E-state index contributed by atoms with van der Waals surface area (Å²) in [5.41, 5.74) is -0.419. The topological polar surface area (TPSA) is 133 Å². The lowest BCUT2D eigenvalue weighted by Gasteiger charge is -2.15. The van der Waals surface area contributed by atoms with Crippen LogP contribution in [-0.4, -0.2) is 25.5 Å². The predicted molar refractivity (Wildman–Crippen MR) is 83.5 cm³/mol. The molecule has 1 aromatic carbocycles. The van der Waals surface area contributed by atoms with Gasteiger partial charge in [-0.3, -0.25) is 29.7 Å². The molecule has 0 radical (unpaired) electrons. The first-order chi connectivity index (χ1) is 11.3. The third kappa shape index (κ3) is 3.54. The summed E-state index contributed by atoms with van der Waals surface area (Å²) in [4.78, 5) is 32.5. The fraction of sp³-hybridized carbons (Fsp3) is 0.286. The highest BCUT2D eigenvalue weighted by atomic mass is 16.6. The van der Waals surface area contributed by atoms with Gasteiger partial charge in [-0.25, -0.2) is 0 Å². The van der Waals surface area contributed by atoms with Gasteiger partial charge >= 0.3 is 0 Å². The van der Waals surface area contributed by atoms with Crippen molar-refractivity contribution in [3.63, 3.8) is 0 Å². The van der Waals surface area contributed by atoms with Crippen LogP contribution >= 0.6 is 0 Å². The van der Waals surface area contributed by atoms with E-state index in [1.165, 1.54) is 0 Å². The van der Waals surface area contributed by atoms with Crippen LogP contribution in [0.2, 0.25) is 0 Å². The Balaban J connectivity index is 2.29. The van der Waals surface area contributed by atoms with Crippen molar-refractivity contribution in [3.8, 4) is 0 Å². The molecule has 0 bridgehead atoms. The molecule has 0 aliphatic rings. The molecular formula is C14H15N5O5. The average Bonchev–Trinajstić information content (AvgIpc) is 3.02. The Morgan fingerprint density at radius 3 is 2.33 bits per heavy atom. The molecule has 1 unspecified atom stereocenters. The Morgan fingerprint density at radius 2 is 1.83 bits per heavy atom. The van der Waals surface area contributed by atoms with Crippen LogP contribution < -0.4 is 5.32 Å². The highest BCUT2D eigenvalue weighted by Gasteiger charge is 2.21. The molecule has 1 heterocycles. The van der Waals surface area contributed by atoms with Crippen molar-refractivity contribution in [2.45, 2.75) is 26.4 Å². The second-order valence-electron chi connectivity index (χ2n) is 5.02. The Kier molecular flexibility index (Phi) is 4.87. The first-order valence-corrected chi connectivity index (χ1v) is 7.10. The molecule has 0 saturated carbocycles. The van der Waals surface area contributed by atoms with Crippen LogP contribution in [0.5, 0.6) is 0 Å². The average molecular weight is 333 g/mol. The van der Waals surface area contributed by atoms with E-state index >= 15 is 0 Å². The van der Waals surface area contributed by atoms with Gasteiger partial charge in [-0.2, -0.15) is 5.10 Å². The van der Waals surface area contributed by atoms with Gasteiger partial charge in [0.1, 0.15) is 0 Å². The molecule has 0 aliphatic heterocycles. The lowest BCUT2D eigenvalue weighted by atomic mass is 10.1. The normalized spacial score (nSPS) is 11.8. The number of hydrogen-bond acceptors (Lipinski definition) is 6. The number of carbonyl (C=O) groups excluding carboxylic acids is 1. The van der Waals surface area contributed by atoms with E-state index in [1.54, 1.807) is 23.9 Å². The summed E-state index contributed by atoms with van der Waals surface area (Å²) in [5, 5.41) is 28.5. The Labute approximate surface area is 136 Å². The molecule has 1 amide bonds. The van der Waals surface area contributed by atoms with E-state index in [0.29, 0.717) is 6.54 Å². The molecule has 1 N–H and O–H groups in total. The zero-order valence-electron chi connectivity index (χ0n) is 13.0. The minimum Gasteiger partial charge on any atom is -0.344 e. The molecule has 2 rings (SSSR count). The Morgan fingerprint density at radius 1 is 1.25 bits per heavy atom. The zero-order chi connectivity index (χ0) is 17.9. The maximum atomic E-state index is 12.3. The molecule has 0 spiro atoms. The fourth-order valence-electron chi connectivity index (χ4n) is 2.27. The van der Waals surface area contributed by atoms with Gasteiger partial charge in [0.25, 0.3) is 17.3 Å². The highest BCUT2D eigenvalue weighted by Crippen LogP contribution is 2.23. The van der Waals surface area contributed by atoms with Crippen molar-refractivity contribution in [1.82, 2.24) is 15.1 Å². The van der Waals surface area contributed by atoms with E-state index in [4.69, 9.17) is 0 Å². The van der Waals surface area contributed by atoms with E-state index in [2.05, 4.69) is 10.4 Å². The van der Waals surface area contributed by atoms with E-state index in [9.17, 15) is 25.0 Å². The summed E-state index contributed by atoms with van der Waals surface area (Å²) in [6, 6.07) is 4.15. The maximum Gasteiger partial charge on any atom is 0.277 e. The number of rotatable bonds is 6. The van der Waals surface area contributed by atoms with Crippen LogP contribution in [0.15, 0.2) is 30.5 Å². The number of nitro groups is 2. The zero-order valence-corrected chi connectivity index (χ0v) is 13.0. The largest absolute Gasteiger partial charge is 0.344 e. The predicted octanol–water partition coefficient (Wildman–Crippen LogP) is 2.21. The number of non-ortho nitro benzene ring substituents is 2. The van der Waals surface area contributed by atoms with Crippen molar-refractivity contribution in [2.24, 2.45) is 0 Å². The van der Waals surface area contributed by atoms with Gasteiger partial charge in [0.15, 0.2) is 0 Å². The number of carbonyl (C=O) groups is 1. The van der Waals surface area contributed by atoms with Crippen molar-refractivity contribution >= 4 is 17.3 Å². The van der Waals surface area contributed by atoms with E-state index in [1.807, 2.05) is 6.92 Å². The molecule has 126 valence electrons. The van der Waals surface area contributed by atoms with Gasteiger partial charge in [0, 0.05) is 24.9 Å². The third-order valence-corrected chi connectivity index (χ3v) is 3.43. The standard InChI is InChI=1S/C14H15N5O5/c1-3-17-13(4-5-15-17)9(2)16-14(20)10-6-11(18(21)22)8-12(7-10)19(23)24/h4-9H,3H2,1-2H3,(H,16,20). The Bertz CT molecular complexity index is 768. The van der Waals surface area contributed by atoms with Crippen LogP contribution in [-0.2, 0) is 6.54 Å². The molecule has 1 atom stereocenters. The smallest absolute Gasteiger partial charge is 0.277 e. The number of nitrogens with zero attached hydrogens (tertiary/aromatic N) is 4. The van der Waals surface area contributed by atoms with Crippen LogP contribution in [0, 0.1) is 20.2 Å². The molecule has 10 heteroatoms. The second-order valence-corrected chi connectivity index (χ2v) is 5.02. The van der Waals surface area contributed by atoms with E-state index in [0.717, 1.165) is 23.9 Å². The van der Waals surface area contributed by atoms with Crippen molar-refractivity contribution in [3.05, 3.63) is 61.9 Å². The monoisotopic (exact) mass is 333 g/mol. The van der Waals surface area contributed by atoms with Crippen LogP contribution in [0.4, 0.5) is 11.4 Å². The molecular weight excluding hydrogens is 318 g/mol. The first-order valence-electron chi connectivity index (χ1n) is 7.10. The second kappa shape index (κ2) is 6.86. The highest BCUT2D eigenvalue weighted by molar-refractivity contribution is 5.95. The summed E-state index contributed by atoms with van der Waals surface area (Å²) in [5.74, 6) is -0.641. The first kappa shape index (κ1) is 17.1. The Hall–Kier alpha value is -3.30. The summed E-state index contributed by atoms with van der Waals surface area (Å²) in [7, 11) is 0. The van der Waals surface area contributed by atoms with Gasteiger partial charge in [-0.1, -0.05) is 0 Å². The van der Waals surface area contributed by atoms with Crippen molar-refractivity contribution in [2.75, 3.05) is 0 Å². The van der Waals surface area contributed by atoms with Crippen LogP contribution in [0.3, 0.4) is 0 Å².